The number of rotatable bonds is 4. The van der Waals surface area contributed by atoms with Crippen LogP contribution in [-0.2, 0) is 6.54 Å². The molecule has 0 saturated heterocycles. The minimum atomic E-state index is -0.992. The number of carbonyl (C=O) groups excluding carboxylic acids is 1. The van der Waals surface area contributed by atoms with Crippen LogP contribution in [0.25, 0.3) is 0 Å². The summed E-state index contributed by atoms with van der Waals surface area (Å²) in [6, 6.07) is 7.57. The first-order chi connectivity index (χ1) is 10.0. The van der Waals surface area contributed by atoms with Gasteiger partial charge in [0.1, 0.15) is 11.5 Å². The number of nitrogens with one attached hydrogen (secondary N) is 2. The molecule has 0 radical (unpaired) electrons. The van der Waals surface area contributed by atoms with E-state index < -0.39 is 29.0 Å². The molecule has 110 valence electrons. The zero-order valence-electron chi connectivity index (χ0n) is 10.8. The third-order valence-corrected chi connectivity index (χ3v) is 2.85. The van der Waals surface area contributed by atoms with Crippen LogP contribution in [0, 0.1) is 17.5 Å². The van der Waals surface area contributed by atoms with Crippen molar-refractivity contribution in [1.29, 1.82) is 0 Å². The number of anilines is 1. The molecule has 0 aliphatic heterocycles. The Hall–Kier alpha value is -2.54. The fourth-order valence-electron chi connectivity index (χ4n) is 1.76. The number of hydrazine groups is 1. The molecule has 0 saturated carbocycles. The molecular weight excluding hydrogens is 283 g/mol. The quantitative estimate of drug-likeness (QED) is 0.599. The van der Waals surface area contributed by atoms with E-state index in [2.05, 4.69) is 5.32 Å². The normalized spacial score (nSPS) is 10.3. The summed E-state index contributed by atoms with van der Waals surface area (Å²) < 4.78 is 40.3. The van der Waals surface area contributed by atoms with Crippen molar-refractivity contribution in [3.63, 3.8) is 0 Å². The molecule has 4 N–H and O–H groups in total. The lowest BCUT2D eigenvalue weighted by Crippen LogP contribution is -2.24. The van der Waals surface area contributed by atoms with E-state index >= 15 is 0 Å². The number of nitrogens with two attached hydrogens (primary N) is 1. The number of benzene rings is 2. The lowest BCUT2D eigenvalue weighted by atomic mass is 10.1. The topological polar surface area (TPSA) is 67.1 Å². The molecule has 0 spiro atoms. The fourth-order valence-corrected chi connectivity index (χ4v) is 1.76. The Balaban J connectivity index is 2.13. The van der Waals surface area contributed by atoms with E-state index in [1.807, 2.05) is 5.43 Å². The van der Waals surface area contributed by atoms with Crippen LogP contribution in [0.1, 0.15) is 15.9 Å². The highest BCUT2D eigenvalue weighted by Crippen LogP contribution is 2.19. The van der Waals surface area contributed by atoms with Crippen LogP contribution in [0.5, 0.6) is 0 Å². The predicted octanol–water partition coefficient (Wildman–Crippen LogP) is 2.32. The molecular formula is C14H12F3N3O. The van der Waals surface area contributed by atoms with Crippen LogP contribution in [-0.4, -0.2) is 5.91 Å². The van der Waals surface area contributed by atoms with Crippen molar-refractivity contribution in [2.45, 2.75) is 6.54 Å². The summed E-state index contributed by atoms with van der Waals surface area (Å²) in [5, 5.41) is 2.38. The second-order valence-electron chi connectivity index (χ2n) is 4.23. The smallest absolute Gasteiger partial charge is 0.251 e. The first kappa shape index (κ1) is 14.9. The van der Waals surface area contributed by atoms with Crippen molar-refractivity contribution >= 4 is 11.6 Å². The predicted molar refractivity (Wildman–Crippen MR) is 71.7 cm³/mol. The number of hydrogen-bond donors (Lipinski definition) is 3. The highest BCUT2D eigenvalue weighted by Gasteiger charge is 2.14. The molecule has 0 atom stereocenters. The molecule has 0 bridgehead atoms. The van der Waals surface area contributed by atoms with Crippen LogP contribution in [0.15, 0.2) is 36.4 Å². The molecule has 2 aromatic rings. The SMILES string of the molecule is NNc1c(F)cc(C(=O)NCc2ccccc2F)cc1F. The standard InChI is InChI=1S/C14H12F3N3O/c15-10-4-2-1-3-8(10)7-19-14(21)9-5-11(16)13(20-18)12(17)6-9/h1-6,20H,7,18H2,(H,19,21). The fraction of sp³-hybridized carbons (Fsp3) is 0.0714. The van der Waals surface area contributed by atoms with E-state index in [-0.39, 0.29) is 17.7 Å². The Kier molecular flexibility index (Phi) is 4.44. The van der Waals surface area contributed by atoms with Gasteiger partial charge in [-0.15, -0.1) is 0 Å². The van der Waals surface area contributed by atoms with Gasteiger partial charge in [-0.1, -0.05) is 18.2 Å². The van der Waals surface area contributed by atoms with Gasteiger partial charge in [0.2, 0.25) is 0 Å². The van der Waals surface area contributed by atoms with E-state index in [1.54, 1.807) is 6.07 Å². The summed E-state index contributed by atoms with van der Waals surface area (Å²) in [6.45, 7) is -0.0916. The van der Waals surface area contributed by atoms with Gasteiger partial charge in [-0.25, -0.2) is 13.2 Å². The zero-order valence-corrected chi connectivity index (χ0v) is 10.8. The minimum Gasteiger partial charge on any atom is -0.348 e. The Morgan fingerprint density at radius 2 is 1.67 bits per heavy atom. The maximum atomic E-state index is 13.5. The van der Waals surface area contributed by atoms with Gasteiger partial charge in [0.05, 0.1) is 0 Å². The highest BCUT2D eigenvalue weighted by atomic mass is 19.1. The van der Waals surface area contributed by atoms with Crippen LogP contribution in [0.2, 0.25) is 0 Å². The average molecular weight is 295 g/mol. The van der Waals surface area contributed by atoms with Gasteiger partial charge >= 0.3 is 0 Å². The first-order valence-electron chi connectivity index (χ1n) is 6.00. The summed E-state index contributed by atoms with van der Waals surface area (Å²) in [5.41, 5.74) is 1.39. The van der Waals surface area contributed by atoms with Crippen molar-refractivity contribution in [1.82, 2.24) is 5.32 Å². The second kappa shape index (κ2) is 6.27. The minimum absolute atomic E-state index is 0.0916. The third kappa shape index (κ3) is 3.32. The van der Waals surface area contributed by atoms with Crippen LogP contribution >= 0.6 is 0 Å². The monoisotopic (exact) mass is 295 g/mol. The number of halogens is 3. The summed E-state index contributed by atoms with van der Waals surface area (Å²) in [5.74, 6) is 1.78. The van der Waals surface area contributed by atoms with E-state index in [9.17, 15) is 18.0 Å². The Bertz CT molecular complexity index is 653. The number of nitrogen functional groups attached to an aromatic ring is 1. The number of carbonyl (C=O) groups is 1. The molecule has 1 amide bonds. The molecule has 0 aliphatic rings. The Morgan fingerprint density at radius 3 is 2.24 bits per heavy atom. The summed E-state index contributed by atoms with van der Waals surface area (Å²) in [7, 11) is 0. The van der Waals surface area contributed by atoms with Crippen LogP contribution in [0.3, 0.4) is 0 Å². The van der Waals surface area contributed by atoms with E-state index in [0.29, 0.717) is 0 Å². The molecule has 0 unspecified atom stereocenters. The lowest BCUT2D eigenvalue weighted by Gasteiger charge is -2.09. The molecule has 0 aliphatic carbocycles. The van der Waals surface area contributed by atoms with Crippen molar-refractivity contribution in [2.75, 3.05) is 5.43 Å². The molecule has 7 heteroatoms. The van der Waals surface area contributed by atoms with Crippen molar-refractivity contribution in [3.8, 4) is 0 Å². The molecule has 4 nitrogen and oxygen atoms in total. The molecule has 0 heterocycles. The van der Waals surface area contributed by atoms with Crippen LogP contribution in [0.4, 0.5) is 18.9 Å². The average Bonchev–Trinajstić information content (AvgIpc) is 2.45. The maximum Gasteiger partial charge on any atom is 0.251 e. The molecule has 2 aromatic carbocycles. The number of amides is 1. The first-order valence-corrected chi connectivity index (χ1v) is 6.00. The second-order valence-corrected chi connectivity index (χ2v) is 4.23. The van der Waals surface area contributed by atoms with Gasteiger partial charge in [0.15, 0.2) is 11.6 Å². The highest BCUT2D eigenvalue weighted by molar-refractivity contribution is 5.94. The van der Waals surface area contributed by atoms with Gasteiger partial charge in [-0.2, -0.15) is 0 Å². The van der Waals surface area contributed by atoms with Gasteiger partial charge in [0, 0.05) is 17.7 Å². The maximum absolute atomic E-state index is 13.5. The van der Waals surface area contributed by atoms with Gasteiger partial charge in [-0.3, -0.25) is 10.6 Å². The van der Waals surface area contributed by atoms with E-state index in [0.717, 1.165) is 12.1 Å². The number of hydrogen-bond acceptors (Lipinski definition) is 3. The molecule has 21 heavy (non-hydrogen) atoms. The van der Waals surface area contributed by atoms with E-state index in [1.165, 1.54) is 18.2 Å². The third-order valence-electron chi connectivity index (χ3n) is 2.85. The largest absolute Gasteiger partial charge is 0.348 e. The molecule has 0 fully saturated rings. The Morgan fingerprint density at radius 1 is 1.05 bits per heavy atom. The van der Waals surface area contributed by atoms with Gasteiger partial charge < -0.3 is 10.7 Å². The summed E-state index contributed by atoms with van der Waals surface area (Å²) in [4.78, 5) is 11.8. The van der Waals surface area contributed by atoms with Gasteiger partial charge in [-0.05, 0) is 18.2 Å². The summed E-state index contributed by atoms with van der Waals surface area (Å²) >= 11 is 0. The Labute approximate surface area is 118 Å². The van der Waals surface area contributed by atoms with Crippen molar-refractivity contribution < 1.29 is 18.0 Å². The zero-order chi connectivity index (χ0) is 15.4. The van der Waals surface area contributed by atoms with Crippen molar-refractivity contribution in [2.24, 2.45) is 5.84 Å². The van der Waals surface area contributed by atoms with Crippen molar-refractivity contribution in [3.05, 3.63) is 65.0 Å². The van der Waals surface area contributed by atoms with Gasteiger partial charge in [0.25, 0.3) is 5.91 Å². The summed E-state index contributed by atoms with van der Waals surface area (Å²) in [6.07, 6.45) is 0. The molecule has 2 rings (SSSR count). The van der Waals surface area contributed by atoms with Crippen LogP contribution < -0.4 is 16.6 Å². The van der Waals surface area contributed by atoms with E-state index in [4.69, 9.17) is 5.84 Å². The molecule has 0 aromatic heterocycles. The lowest BCUT2D eigenvalue weighted by molar-refractivity contribution is 0.0949.